The van der Waals surface area contributed by atoms with E-state index in [0.29, 0.717) is 11.3 Å². The number of hydrogen-bond donors (Lipinski definition) is 1. The maximum absolute atomic E-state index is 12.4. The third-order valence-electron chi connectivity index (χ3n) is 3.70. The standard InChI is InChI=1S/C18H22N2O/c1-14-8-6-12-16(17(14)19)18(21)20(2)13-7-11-15-9-4-3-5-10-15/h3-6,8-10,12H,7,11,13,19H2,1-2H3. The van der Waals surface area contributed by atoms with E-state index < -0.39 is 0 Å². The highest BCUT2D eigenvalue weighted by Gasteiger charge is 2.15. The Morgan fingerprint density at radius 3 is 2.52 bits per heavy atom. The van der Waals surface area contributed by atoms with Crippen molar-refractivity contribution in [3.8, 4) is 0 Å². The lowest BCUT2D eigenvalue weighted by Crippen LogP contribution is -2.28. The molecule has 0 fully saturated rings. The summed E-state index contributed by atoms with van der Waals surface area (Å²) in [5, 5.41) is 0. The van der Waals surface area contributed by atoms with Crippen molar-refractivity contribution in [2.24, 2.45) is 0 Å². The summed E-state index contributed by atoms with van der Waals surface area (Å²) >= 11 is 0. The van der Waals surface area contributed by atoms with Crippen molar-refractivity contribution >= 4 is 11.6 Å². The Morgan fingerprint density at radius 2 is 1.81 bits per heavy atom. The Kier molecular flexibility index (Phi) is 4.99. The third kappa shape index (κ3) is 3.85. The first-order valence-electron chi connectivity index (χ1n) is 7.24. The molecule has 21 heavy (non-hydrogen) atoms. The van der Waals surface area contributed by atoms with Crippen LogP contribution in [0.25, 0.3) is 0 Å². The summed E-state index contributed by atoms with van der Waals surface area (Å²) in [6.07, 6.45) is 1.92. The summed E-state index contributed by atoms with van der Waals surface area (Å²) in [6.45, 7) is 2.64. The van der Waals surface area contributed by atoms with E-state index in [-0.39, 0.29) is 5.91 Å². The second-order valence-electron chi connectivity index (χ2n) is 5.35. The van der Waals surface area contributed by atoms with Gasteiger partial charge >= 0.3 is 0 Å². The molecule has 0 aliphatic rings. The second-order valence-corrected chi connectivity index (χ2v) is 5.35. The number of nitrogens with zero attached hydrogens (tertiary/aromatic N) is 1. The van der Waals surface area contributed by atoms with Crippen molar-refractivity contribution in [3.05, 3.63) is 65.2 Å². The van der Waals surface area contributed by atoms with E-state index in [0.717, 1.165) is 24.9 Å². The molecule has 0 aromatic heterocycles. The highest BCUT2D eigenvalue weighted by molar-refractivity contribution is 5.99. The largest absolute Gasteiger partial charge is 0.398 e. The Balaban J connectivity index is 1.92. The first-order valence-corrected chi connectivity index (χ1v) is 7.24. The van der Waals surface area contributed by atoms with Crippen LogP contribution in [0.15, 0.2) is 48.5 Å². The molecule has 3 nitrogen and oxygen atoms in total. The van der Waals surface area contributed by atoms with Crippen molar-refractivity contribution in [1.29, 1.82) is 0 Å². The van der Waals surface area contributed by atoms with E-state index in [9.17, 15) is 4.79 Å². The molecule has 0 heterocycles. The second kappa shape index (κ2) is 6.93. The Bertz CT molecular complexity index is 608. The zero-order valence-electron chi connectivity index (χ0n) is 12.7. The smallest absolute Gasteiger partial charge is 0.255 e. The number of para-hydroxylation sites is 1. The minimum absolute atomic E-state index is 0.00994. The maximum atomic E-state index is 12.4. The molecule has 2 rings (SSSR count). The first kappa shape index (κ1) is 15.1. The lowest BCUT2D eigenvalue weighted by molar-refractivity contribution is 0.0794. The van der Waals surface area contributed by atoms with E-state index >= 15 is 0 Å². The topological polar surface area (TPSA) is 46.3 Å². The lowest BCUT2D eigenvalue weighted by Gasteiger charge is -2.18. The molecule has 0 atom stereocenters. The first-order chi connectivity index (χ1) is 10.1. The van der Waals surface area contributed by atoms with Gasteiger partial charge in [-0.1, -0.05) is 42.5 Å². The van der Waals surface area contributed by atoms with Gasteiger partial charge in [-0.2, -0.15) is 0 Å². The van der Waals surface area contributed by atoms with Gasteiger partial charge in [-0.3, -0.25) is 4.79 Å². The summed E-state index contributed by atoms with van der Waals surface area (Å²) in [7, 11) is 1.83. The van der Waals surface area contributed by atoms with E-state index in [1.807, 2.05) is 44.3 Å². The van der Waals surface area contributed by atoms with E-state index in [1.165, 1.54) is 5.56 Å². The zero-order valence-corrected chi connectivity index (χ0v) is 12.7. The van der Waals surface area contributed by atoms with Gasteiger partial charge in [0.2, 0.25) is 0 Å². The Labute approximate surface area is 126 Å². The van der Waals surface area contributed by atoms with Gasteiger partial charge in [0.05, 0.1) is 5.56 Å². The number of nitrogens with two attached hydrogens (primary N) is 1. The van der Waals surface area contributed by atoms with Gasteiger partial charge < -0.3 is 10.6 Å². The zero-order chi connectivity index (χ0) is 15.2. The number of anilines is 1. The Morgan fingerprint density at radius 1 is 1.10 bits per heavy atom. The fourth-order valence-corrected chi connectivity index (χ4v) is 2.34. The summed E-state index contributed by atoms with van der Waals surface area (Å²) in [5.41, 5.74) is 9.41. The van der Waals surface area contributed by atoms with Crippen LogP contribution in [0.1, 0.15) is 27.9 Å². The number of carbonyl (C=O) groups is 1. The normalized spacial score (nSPS) is 10.4. The van der Waals surface area contributed by atoms with Gasteiger partial charge in [0.15, 0.2) is 0 Å². The molecule has 110 valence electrons. The molecule has 0 aliphatic carbocycles. The van der Waals surface area contributed by atoms with Gasteiger partial charge in [-0.25, -0.2) is 0 Å². The molecule has 2 N–H and O–H groups in total. The third-order valence-corrected chi connectivity index (χ3v) is 3.70. The number of hydrogen-bond acceptors (Lipinski definition) is 2. The Hall–Kier alpha value is -2.29. The predicted octanol–water partition coefficient (Wildman–Crippen LogP) is 3.28. The van der Waals surface area contributed by atoms with E-state index in [1.54, 1.807) is 11.0 Å². The summed E-state index contributed by atoms with van der Waals surface area (Å²) in [5.74, 6) is -0.00994. The van der Waals surface area contributed by atoms with Crippen molar-refractivity contribution in [1.82, 2.24) is 4.90 Å². The van der Waals surface area contributed by atoms with Crippen LogP contribution in [0.2, 0.25) is 0 Å². The van der Waals surface area contributed by atoms with Crippen molar-refractivity contribution in [2.45, 2.75) is 19.8 Å². The molecule has 0 saturated heterocycles. The van der Waals surface area contributed by atoms with Gasteiger partial charge in [-0.15, -0.1) is 0 Å². The van der Waals surface area contributed by atoms with E-state index in [4.69, 9.17) is 5.73 Å². The lowest BCUT2D eigenvalue weighted by atomic mass is 10.1. The molecule has 0 bridgehead atoms. The quantitative estimate of drug-likeness (QED) is 0.855. The maximum Gasteiger partial charge on any atom is 0.255 e. The highest BCUT2D eigenvalue weighted by atomic mass is 16.2. The minimum atomic E-state index is -0.00994. The molecular formula is C18H22N2O. The van der Waals surface area contributed by atoms with Crippen LogP contribution in [0.4, 0.5) is 5.69 Å². The van der Waals surface area contributed by atoms with Crippen LogP contribution in [0.3, 0.4) is 0 Å². The summed E-state index contributed by atoms with van der Waals surface area (Å²) in [4.78, 5) is 14.2. The predicted molar refractivity (Wildman–Crippen MR) is 87.3 cm³/mol. The van der Waals surface area contributed by atoms with Gasteiger partial charge in [0.25, 0.3) is 5.91 Å². The molecule has 0 spiro atoms. The van der Waals surface area contributed by atoms with Gasteiger partial charge in [0, 0.05) is 19.3 Å². The summed E-state index contributed by atoms with van der Waals surface area (Å²) in [6, 6.07) is 15.9. The molecular weight excluding hydrogens is 260 g/mol. The van der Waals surface area contributed by atoms with Crippen LogP contribution in [0, 0.1) is 6.92 Å². The van der Waals surface area contributed by atoms with Crippen molar-refractivity contribution in [3.63, 3.8) is 0 Å². The molecule has 0 aliphatic heterocycles. The molecule has 3 heteroatoms. The van der Waals surface area contributed by atoms with Crippen LogP contribution in [-0.2, 0) is 6.42 Å². The van der Waals surface area contributed by atoms with Gasteiger partial charge in [0.1, 0.15) is 0 Å². The van der Waals surface area contributed by atoms with Crippen LogP contribution in [-0.4, -0.2) is 24.4 Å². The average Bonchev–Trinajstić information content (AvgIpc) is 2.50. The molecule has 2 aromatic carbocycles. The molecule has 0 radical (unpaired) electrons. The van der Waals surface area contributed by atoms with Crippen LogP contribution < -0.4 is 5.73 Å². The number of nitrogen functional groups attached to an aromatic ring is 1. The average molecular weight is 282 g/mol. The fraction of sp³-hybridized carbons (Fsp3) is 0.278. The number of aryl methyl sites for hydroxylation is 2. The molecule has 1 amide bonds. The monoisotopic (exact) mass is 282 g/mol. The number of amides is 1. The highest BCUT2D eigenvalue weighted by Crippen LogP contribution is 2.18. The van der Waals surface area contributed by atoms with Crippen LogP contribution in [0.5, 0.6) is 0 Å². The van der Waals surface area contributed by atoms with Crippen LogP contribution >= 0.6 is 0 Å². The minimum Gasteiger partial charge on any atom is -0.398 e. The molecule has 2 aromatic rings. The fourth-order valence-electron chi connectivity index (χ4n) is 2.34. The number of rotatable bonds is 5. The summed E-state index contributed by atoms with van der Waals surface area (Å²) < 4.78 is 0. The van der Waals surface area contributed by atoms with Crippen molar-refractivity contribution < 1.29 is 4.79 Å². The number of benzene rings is 2. The van der Waals surface area contributed by atoms with E-state index in [2.05, 4.69) is 12.1 Å². The van der Waals surface area contributed by atoms with Crippen molar-refractivity contribution in [2.75, 3.05) is 19.3 Å². The SMILES string of the molecule is Cc1cccc(C(=O)N(C)CCCc2ccccc2)c1N. The number of carbonyl (C=O) groups excluding carboxylic acids is 1. The molecule has 0 saturated carbocycles. The molecule has 0 unspecified atom stereocenters. The van der Waals surface area contributed by atoms with Gasteiger partial charge in [-0.05, 0) is 37.0 Å².